The molecule has 0 unspecified atom stereocenters. The molecule has 12 nitrogen and oxygen atoms in total. The quantitative estimate of drug-likeness (QED) is 0.0720. The van der Waals surface area contributed by atoms with Crippen molar-refractivity contribution in [3.63, 3.8) is 0 Å². The third-order valence-corrected chi connectivity index (χ3v) is 7.39. The lowest BCUT2D eigenvalue weighted by molar-refractivity contribution is 0.00510. The van der Waals surface area contributed by atoms with Gasteiger partial charge in [-0.2, -0.15) is 0 Å². The van der Waals surface area contributed by atoms with Crippen LogP contribution in [-0.2, 0) is 16.1 Å². The van der Waals surface area contributed by atoms with Gasteiger partial charge in [0.15, 0.2) is 18.3 Å². The summed E-state index contributed by atoms with van der Waals surface area (Å²) in [4.78, 5) is 39.1. The van der Waals surface area contributed by atoms with E-state index in [1.54, 1.807) is 66.7 Å². The Bertz CT molecular complexity index is 2000. The summed E-state index contributed by atoms with van der Waals surface area (Å²) in [6.45, 7) is -0.0820. The predicted octanol–water partition coefficient (Wildman–Crippen LogP) is 5.73. The monoisotopic (exact) mass is 676 g/mol. The van der Waals surface area contributed by atoms with Crippen LogP contribution < -0.4 is 30.2 Å². The van der Waals surface area contributed by atoms with Gasteiger partial charge in [0.05, 0.1) is 46.0 Å². The molecule has 0 saturated heterocycles. The normalized spacial score (nSPS) is 10.6. The van der Waals surface area contributed by atoms with E-state index in [4.69, 9.17) is 34.2 Å². The van der Waals surface area contributed by atoms with Crippen LogP contribution in [0.5, 0.6) is 23.0 Å². The summed E-state index contributed by atoms with van der Waals surface area (Å²) in [5.74, 6) is -0.459. The molecular formula is C35H33ClN2O10. The fraction of sp³-hybridized carbons (Fsp3) is 0.171. The van der Waals surface area contributed by atoms with E-state index < -0.39 is 17.5 Å². The van der Waals surface area contributed by atoms with Gasteiger partial charge in [-0.05, 0) is 83.2 Å². The van der Waals surface area contributed by atoms with Gasteiger partial charge in [-0.3, -0.25) is 9.36 Å². The Morgan fingerprint density at radius 2 is 1.52 bits per heavy atom. The Morgan fingerprint density at radius 3 is 2.12 bits per heavy atom. The van der Waals surface area contributed by atoms with Gasteiger partial charge in [0, 0.05) is 16.9 Å². The van der Waals surface area contributed by atoms with Crippen LogP contribution in [0.4, 0.5) is 5.69 Å². The molecule has 13 heteroatoms. The molecule has 0 aliphatic heterocycles. The van der Waals surface area contributed by atoms with Crippen molar-refractivity contribution in [1.29, 1.82) is 0 Å². The smallest absolute Gasteiger partial charge is 0.355 e. The maximum absolute atomic E-state index is 14.3. The lowest BCUT2D eigenvalue weighted by Crippen LogP contribution is -2.27. The summed E-state index contributed by atoms with van der Waals surface area (Å²) >= 11 is 0. The number of pyridine rings is 1. The Labute approximate surface area is 281 Å². The molecule has 3 N–H and O–H groups in total. The van der Waals surface area contributed by atoms with Crippen molar-refractivity contribution >= 4 is 40.8 Å². The number of anilines is 1. The molecule has 0 spiro atoms. The van der Waals surface area contributed by atoms with Crippen molar-refractivity contribution in [2.75, 3.05) is 41.0 Å². The predicted molar refractivity (Wildman–Crippen MR) is 181 cm³/mol. The molecule has 0 aliphatic carbocycles. The number of aromatic carboxylic acids is 1. The maximum Gasteiger partial charge on any atom is 0.355 e. The van der Waals surface area contributed by atoms with E-state index in [1.165, 1.54) is 45.1 Å². The zero-order chi connectivity index (χ0) is 33.7. The summed E-state index contributed by atoms with van der Waals surface area (Å²) in [6, 6.07) is 21.1. The number of methoxy groups -OCH3 is 4. The van der Waals surface area contributed by atoms with Gasteiger partial charge in [0.1, 0.15) is 11.4 Å². The number of aromatic nitrogens is 1. The standard InChI is InChI=1S/C35H32N2O10.ClH/c1-42-28-15-22(16-29(43-2)32(28)44-3)30-26-13-12-25(47-19-46-18-20-6-5-7-21(14-20)34(39)40)17-27(26)33(38)37(31(30)35(41)45-4)24-10-8-23(36)9-11-24;/h5-17H,18-19,36H2,1-4H3,(H,39,40);1H. The maximum atomic E-state index is 14.3. The Kier molecular flexibility index (Phi) is 11.2. The lowest BCUT2D eigenvalue weighted by Gasteiger charge is -2.21. The van der Waals surface area contributed by atoms with Crippen LogP contribution in [0.2, 0.25) is 0 Å². The van der Waals surface area contributed by atoms with Crippen molar-refractivity contribution < 1.29 is 43.1 Å². The van der Waals surface area contributed by atoms with E-state index in [0.29, 0.717) is 56.4 Å². The van der Waals surface area contributed by atoms with Crippen molar-refractivity contribution in [3.05, 3.63) is 106 Å². The minimum Gasteiger partial charge on any atom is -0.493 e. The molecule has 0 amide bonds. The third-order valence-electron chi connectivity index (χ3n) is 7.39. The lowest BCUT2D eigenvalue weighted by atomic mass is 9.95. The van der Waals surface area contributed by atoms with Gasteiger partial charge in [0.2, 0.25) is 5.75 Å². The number of ether oxygens (including phenoxy) is 6. The van der Waals surface area contributed by atoms with Gasteiger partial charge < -0.3 is 39.3 Å². The number of nitrogen functional groups attached to an aromatic ring is 1. The summed E-state index contributed by atoms with van der Waals surface area (Å²) in [5, 5.41) is 9.88. The molecule has 0 fully saturated rings. The van der Waals surface area contributed by atoms with Crippen LogP contribution in [0.25, 0.3) is 27.6 Å². The van der Waals surface area contributed by atoms with E-state index in [-0.39, 0.29) is 42.5 Å². The minimum atomic E-state index is -1.04. The van der Waals surface area contributed by atoms with Crippen LogP contribution in [0.1, 0.15) is 26.4 Å². The largest absolute Gasteiger partial charge is 0.493 e. The number of carbonyl (C=O) groups excluding carboxylic acids is 1. The van der Waals surface area contributed by atoms with Crippen LogP contribution in [-0.4, -0.2) is 56.8 Å². The molecule has 1 heterocycles. The van der Waals surface area contributed by atoms with Crippen LogP contribution in [0.15, 0.2) is 83.7 Å². The van der Waals surface area contributed by atoms with Gasteiger partial charge in [-0.25, -0.2) is 9.59 Å². The number of benzene rings is 4. The molecule has 1 aromatic heterocycles. The first-order valence-electron chi connectivity index (χ1n) is 14.2. The fourth-order valence-corrected chi connectivity index (χ4v) is 5.21. The summed E-state index contributed by atoms with van der Waals surface area (Å²) in [7, 11) is 5.67. The highest BCUT2D eigenvalue weighted by atomic mass is 35.5. The summed E-state index contributed by atoms with van der Waals surface area (Å²) in [5.41, 5.74) is 7.87. The number of hydrogen-bond acceptors (Lipinski definition) is 10. The van der Waals surface area contributed by atoms with Gasteiger partial charge in [-0.1, -0.05) is 12.1 Å². The molecule has 0 radical (unpaired) electrons. The average molecular weight is 677 g/mol. The number of carboxylic acid groups (broad SMARTS) is 1. The van der Waals surface area contributed by atoms with Gasteiger partial charge in [0.25, 0.3) is 5.56 Å². The van der Waals surface area contributed by atoms with E-state index in [2.05, 4.69) is 0 Å². The highest BCUT2D eigenvalue weighted by Gasteiger charge is 2.27. The van der Waals surface area contributed by atoms with Crippen molar-refractivity contribution in [2.24, 2.45) is 0 Å². The molecule has 4 aromatic carbocycles. The van der Waals surface area contributed by atoms with Crippen LogP contribution in [0.3, 0.4) is 0 Å². The highest BCUT2D eigenvalue weighted by molar-refractivity contribution is 6.08. The molecular weight excluding hydrogens is 644 g/mol. The molecule has 0 bridgehead atoms. The first-order valence-corrected chi connectivity index (χ1v) is 14.2. The second kappa shape index (κ2) is 15.2. The number of nitrogens with two attached hydrogens (primary N) is 1. The number of fused-ring (bicyclic) bond motifs is 1. The number of carboxylic acids is 1. The van der Waals surface area contributed by atoms with E-state index in [1.807, 2.05) is 0 Å². The zero-order valence-corrected chi connectivity index (χ0v) is 27.3. The number of carbonyl (C=O) groups is 2. The van der Waals surface area contributed by atoms with Gasteiger partial charge in [-0.15, -0.1) is 12.4 Å². The SMILES string of the molecule is COC(=O)c1c(-c2cc(OC)c(OC)c(OC)c2)c2ccc(OCOCc3cccc(C(=O)O)c3)cc2c(=O)n1-c1ccc(N)cc1.Cl. The number of esters is 1. The van der Waals surface area contributed by atoms with Crippen LogP contribution in [0, 0.1) is 0 Å². The van der Waals surface area contributed by atoms with Crippen LogP contribution >= 0.6 is 12.4 Å². The number of nitrogens with zero attached hydrogens (tertiary/aromatic N) is 1. The number of halogens is 1. The molecule has 5 aromatic rings. The Balaban J connectivity index is 0.00000520. The van der Waals surface area contributed by atoms with Crippen molar-refractivity contribution in [2.45, 2.75) is 6.61 Å². The van der Waals surface area contributed by atoms with E-state index in [9.17, 15) is 19.5 Å². The first kappa shape index (κ1) is 35.1. The fourth-order valence-electron chi connectivity index (χ4n) is 5.21. The second-order valence-electron chi connectivity index (χ2n) is 10.2. The Morgan fingerprint density at radius 1 is 0.833 bits per heavy atom. The first-order chi connectivity index (χ1) is 22.7. The van der Waals surface area contributed by atoms with Crippen molar-refractivity contribution in [3.8, 4) is 39.8 Å². The minimum absolute atomic E-state index is 0. The number of rotatable bonds is 12. The Hall–Kier alpha value is -5.72. The molecule has 0 saturated carbocycles. The molecule has 250 valence electrons. The van der Waals surface area contributed by atoms with E-state index >= 15 is 0 Å². The second-order valence-corrected chi connectivity index (χ2v) is 10.2. The molecule has 0 aliphatic rings. The molecule has 5 rings (SSSR count). The topological polar surface area (TPSA) is 158 Å². The zero-order valence-electron chi connectivity index (χ0n) is 26.5. The van der Waals surface area contributed by atoms with Crippen molar-refractivity contribution in [1.82, 2.24) is 4.57 Å². The van der Waals surface area contributed by atoms with Gasteiger partial charge >= 0.3 is 11.9 Å². The summed E-state index contributed by atoms with van der Waals surface area (Å²) in [6.07, 6.45) is 0. The summed E-state index contributed by atoms with van der Waals surface area (Å²) < 4.78 is 34.6. The average Bonchev–Trinajstić information content (AvgIpc) is 3.09. The third kappa shape index (κ3) is 6.99. The molecule has 0 atom stereocenters. The highest BCUT2D eigenvalue weighted by Crippen LogP contribution is 2.44. The molecule has 48 heavy (non-hydrogen) atoms. The number of hydrogen-bond donors (Lipinski definition) is 2. The van der Waals surface area contributed by atoms with E-state index in [0.717, 1.165) is 0 Å².